The molecule has 0 aliphatic carbocycles. The van der Waals surface area contributed by atoms with Gasteiger partial charge in [-0.05, 0) is 69.9 Å². The van der Waals surface area contributed by atoms with Gasteiger partial charge in [-0.15, -0.1) is 0 Å². The highest BCUT2D eigenvalue weighted by Crippen LogP contribution is 2.25. The van der Waals surface area contributed by atoms with E-state index >= 15 is 0 Å². The molecule has 40 heavy (non-hydrogen) atoms. The lowest BCUT2D eigenvalue weighted by molar-refractivity contribution is -0.139. The topological polar surface area (TPSA) is 86.8 Å². The molecular weight excluding hydrogens is 522 g/mol. The first-order valence-corrected chi connectivity index (χ1v) is 15.3. The first-order valence-electron chi connectivity index (χ1n) is 13.9. The molecule has 3 aromatic rings. The Kier molecular flexibility index (Phi) is 10.9. The molecule has 0 saturated heterocycles. The minimum atomic E-state index is -4.07. The van der Waals surface area contributed by atoms with Gasteiger partial charge in [-0.3, -0.25) is 13.9 Å². The van der Waals surface area contributed by atoms with Crippen molar-refractivity contribution >= 4 is 27.5 Å². The number of carbonyl (C=O) groups is 2. The molecule has 3 rings (SSSR count). The Morgan fingerprint density at radius 2 is 1.40 bits per heavy atom. The first kappa shape index (κ1) is 30.9. The number of nitrogens with one attached hydrogen (secondary N) is 1. The Morgan fingerprint density at radius 1 is 0.825 bits per heavy atom. The van der Waals surface area contributed by atoms with Crippen LogP contribution in [0.15, 0.2) is 83.8 Å². The Hall–Kier alpha value is -3.65. The number of amides is 2. The van der Waals surface area contributed by atoms with E-state index in [1.54, 1.807) is 36.4 Å². The molecule has 3 aromatic carbocycles. The lowest BCUT2D eigenvalue weighted by atomic mass is 10.1. The fraction of sp³-hybridized carbons (Fsp3) is 0.375. The number of hydrogen-bond donors (Lipinski definition) is 1. The number of sulfonamides is 1. The second-order valence-electron chi connectivity index (χ2n) is 10.2. The van der Waals surface area contributed by atoms with Gasteiger partial charge in [-0.2, -0.15) is 0 Å². The molecule has 1 N–H and O–H groups in total. The van der Waals surface area contributed by atoms with Gasteiger partial charge in [0.15, 0.2) is 0 Å². The molecule has 214 valence electrons. The van der Waals surface area contributed by atoms with E-state index in [4.69, 9.17) is 0 Å². The van der Waals surface area contributed by atoms with E-state index in [0.717, 1.165) is 27.4 Å². The van der Waals surface area contributed by atoms with Gasteiger partial charge in [-0.1, -0.05) is 79.6 Å². The average molecular weight is 564 g/mol. The minimum Gasteiger partial charge on any atom is -0.352 e. The predicted molar refractivity (Wildman–Crippen MR) is 161 cm³/mol. The SMILES string of the molecule is CC[C@H](C)NC(=O)[C@H](CC)N(CCc1ccccc1)C(=O)CN(c1ccc(C)cc1)S(=O)(=O)c1ccc(C)cc1. The highest BCUT2D eigenvalue weighted by atomic mass is 32.2. The van der Waals surface area contributed by atoms with Crippen LogP contribution in [0.25, 0.3) is 0 Å². The van der Waals surface area contributed by atoms with Crippen molar-refractivity contribution in [2.45, 2.75) is 70.9 Å². The fourth-order valence-electron chi connectivity index (χ4n) is 4.41. The highest BCUT2D eigenvalue weighted by molar-refractivity contribution is 7.92. The van der Waals surface area contributed by atoms with Crippen LogP contribution in [-0.2, 0) is 26.0 Å². The van der Waals surface area contributed by atoms with Crippen molar-refractivity contribution in [3.05, 3.63) is 95.6 Å². The monoisotopic (exact) mass is 563 g/mol. The third kappa shape index (κ3) is 7.94. The van der Waals surface area contributed by atoms with Crippen LogP contribution in [0.2, 0.25) is 0 Å². The zero-order valence-electron chi connectivity index (χ0n) is 24.1. The van der Waals surface area contributed by atoms with Crippen LogP contribution in [0.4, 0.5) is 5.69 Å². The number of rotatable bonds is 13. The van der Waals surface area contributed by atoms with Crippen LogP contribution in [0, 0.1) is 13.8 Å². The Morgan fingerprint density at radius 3 is 1.95 bits per heavy atom. The van der Waals surface area contributed by atoms with Crippen molar-refractivity contribution < 1.29 is 18.0 Å². The summed E-state index contributed by atoms with van der Waals surface area (Å²) in [5.74, 6) is -0.667. The van der Waals surface area contributed by atoms with Crippen LogP contribution < -0.4 is 9.62 Å². The maximum absolute atomic E-state index is 14.0. The number of nitrogens with zero attached hydrogens (tertiary/aromatic N) is 2. The maximum atomic E-state index is 14.0. The summed E-state index contributed by atoms with van der Waals surface area (Å²) in [7, 11) is -4.07. The van der Waals surface area contributed by atoms with E-state index in [-0.39, 0.29) is 23.4 Å². The van der Waals surface area contributed by atoms with E-state index in [1.807, 2.05) is 77.1 Å². The third-order valence-corrected chi connectivity index (χ3v) is 8.87. The lowest BCUT2D eigenvalue weighted by Crippen LogP contribution is -2.54. The van der Waals surface area contributed by atoms with E-state index in [2.05, 4.69) is 5.32 Å². The third-order valence-electron chi connectivity index (χ3n) is 7.08. The maximum Gasteiger partial charge on any atom is 0.264 e. The van der Waals surface area contributed by atoms with Crippen molar-refractivity contribution in [2.24, 2.45) is 0 Å². The van der Waals surface area contributed by atoms with Gasteiger partial charge in [0.2, 0.25) is 11.8 Å². The molecule has 0 aliphatic heterocycles. The van der Waals surface area contributed by atoms with Gasteiger partial charge in [-0.25, -0.2) is 8.42 Å². The largest absolute Gasteiger partial charge is 0.352 e. The number of hydrogen-bond acceptors (Lipinski definition) is 4. The van der Waals surface area contributed by atoms with Gasteiger partial charge in [0.1, 0.15) is 12.6 Å². The normalized spacial score (nSPS) is 12.8. The van der Waals surface area contributed by atoms with Crippen molar-refractivity contribution in [3.8, 4) is 0 Å². The summed E-state index contributed by atoms with van der Waals surface area (Å²) in [5.41, 5.74) is 3.32. The zero-order chi connectivity index (χ0) is 29.3. The molecule has 8 heteroatoms. The number of anilines is 1. The predicted octanol–water partition coefficient (Wildman–Crippen LogP) is 5.26. The quantitative estimate of drug-likeness (QED) is 0.307. The van der Waals surface area contributed by atoms with E-state index in [9.17, 15) is 18.0 Å². The van der Waals surface area contributed by atoms with Crippen LogP contribution in [0.1, 0.15) is 50.3 Å². The molecule has 0 saturated carbocycles. The molecule has 2 atom stereocenters. The summed E-state index contributed by atoms with van der Waals surface area (Å²) < 4.78 is 28.9. The van der Waals surface area contributed by atoms with Crippen molar-refractivity contribution in [1.29, 1.82) is 0 Å². The Labute approximate surface area is 239 Å². The van der Waals surface area contributed by atoms with Gasteiger partial charge in [0.05, 0.1) is 10.6 Å². The molecule has 0 bridgehead atoms. The van der Waals surface area contributed by atoms with Crippen molar-refractivity contribution in [1.82, 2.24) is 10.2 Å². The summed E-state index contributed by atoms with van der Waals surface area (Å²) in [5, 5.41) is 3.00. The molecule has 7 nitrogen and oxygen atoms in total. The van der Waals surface area contributed by atoms with Crippen molar-refractivity contribution in [3.63, 3.8) is 0 Å². The first-order chi connectivity index (χ1) is 19.1. The van der Waals surface area contributed by atoms with E-state index in [0.29, 0.717) is 18.5 Å². The smallest absolute Gasteiger partial charge is 0.264 e. The molecule has 0 aromatic heterocycles. The summed E-state index contributed by atoms with van der Waals surface area (Å²) in [6.45, 7) is 9.43. The Balaban J connectivity index is 2.00. The average Bonchev–Trinajstić information content (AvgIpc) is 2.95. The molecule has 0 aliphatic rings. The summed E-state index contributed by atoms with van der Waals surface area (Å²) in [6, 6.07) is 22.6. The molecule has 0 fully saturated rings. The molecule has 0 heterocycles. The molecule has 0 unspecified atom stereocenters. The molecule has 0 spiro atoms. The summed E-state index contributed by atoms with van der Waals surface area (Å²) in [4.78, 5) is 29.0. The standard InChI is InChI=1S/C32H41N3O4S/c1-6-26(5)33-32(37)30(7-2)34(22-21-27-11-9-8-10-12-27)31(36)23-35(28-17-13-24(3)14-18-28)40(38,39)29-19-15-25(4)16-20-29/h8-20,26,30H,6-7,21-23H2,1-5H3,(H,33,37)/t26-,30-/m0/s1. The molecular formula is C32H41N3O4S. The van der Waals surface area contributed by atoms with Crippen LogP contribution >= 0.6 is 0 Å². The Bertz CT molecular complexity index is 1360. The van der Waals surface area contributed by atoms with Crippen LogP contribution in [0.3, 0.4) is 0 Å². The number of aryl methyl sites for hydroxylation is 2. The minimum absolute atomic E-state index is 0.0430. The van der Waals surface area contributed by atoms with E-state index in [1.165, 1.54) is 4.90 Å². The van der Waals surface area contributed by atoms with Crippen LogP contribution in [0.5, 0.6) is 0 Å². The van der Waals surface area contributed by atoms with Crippen molar-refractivity contribution in [2.75, 3.05) is 17.4 Å². The van der Waals surface area contributed by atoms with Gasteiger partial charge in [0.25, 0.3) is 10.0 Å². The molecule has 2 amide bonds. The number of carbonyl (C=O) groups excluding carboxylic acids is 2. The van der Waals surface area contributed by atoms with Gasteiger partial charge < -0.3 is 10.2 Å². The summed E-state index contributed by atoms with van der Waals surface area (Å²) >= 11 is 0. The number of benzene rings is 3. The van der Waals surface area contributed by atoms with Gasteiger partial charge in [0, 0.05) is 12.6 Å². The zero-order valence-corrected chi connectivity index (χ0v) is 24.9. The van der Waals surface area contributed by atoms with Gasteiger partial charge >= 0.3 is 0 Å². The fourth-order valence-corrected chi connectivity index (χ4v) is 5.83. The van der Waals surface area contributed by atoms with Crippen LogP contribution in [-0.4, -0.2) is 50.3 Å². The highest BCUT2D eigenvalue weighted by Gasteiger charge is 2.33. The second-order valence-corrected chi connectivity index (χ2v) is 12.1. The van der Waals surface area contributed by atoms with E-state index < -0.39 is 28.5 Å². The second kappa shape index (κ2) is 14.1. The molecule has 0 radical (unpaired) electrons. The lowest BCUT2D eigenvalue weighted by Gasteiger charge is -2.33. The summed E-state index contributed by atoms with van der Waals surface area (Å²) in [6.07, 6.45) is 1.70.